The lowest BCUT2D eigenvalue weighted by Gasteiger charge is -2.21. The Morgan fingerprint density at radius 1 is 1.40 bits per heavy atom. The summed E-state index contributed by atoms with van der Waals surface area (Å²) in [5, 5.41) is 0. The van der Waals surface area contributed by atoms with E-state index in [9.17, 15) is 0 Å². The molecule has 0 unspecified atom stereocenters. The zero-order valence-corrected chi connectivity index (χ0v) is 8.86. The Balaban J connectivity index is 2.22. The molecule has 2 heterocycles. The van der Waals surface area contributed by atoms with E-state index in [1.165, 1.54) is 0 Å². The van der Waals surface area contributed by atoms with Crippen molar-refractivity contribution in [3.05, 3.63) is 17.5 Å². The summed E-state index contributed by atoms with van der Waals surface area (Å²) in [6.45, 7) is 3.59. The zero-order valence-electron chi connectivity index (χ0n) is 8.86. The lowest BCUT2D eigenvalue weighted by molar-refractivity contribution is 0.0845. The van der Waals surface area contributed by atoms with Crippen LogP contribution in [0.25, 0.3) is 0 Å². The van der Waals surface area contributed by atoms with E-state index < -0.39 is 0 Å². The predicted molar refractivity (Wildman–Crippen MR) is 57.4 cm³/mol. The van der Waals surface area contributed by atoms with Crippen molar-refractivity contribution in [3.63, 3.8) is 0 Å². The molecule has 0 bridgehead atoms. The summed E-state index contributed by atoms with van der Waals surface area (Å²) >= 11 is 0. The third-order valence-electron chi connectivity index (χ3n) is 2.64. The summed E-state index contributed by atoms with van der Waals surface area (Å²) in [5.41, 5.74) is 4.51. The Bertz CT molecular complexity index is 336. The maximum atomic E-state index is 5.32. The summed E-state index contributed by atoms with van der Waals surface area (Å²) in [7, 11) is 0. The Kier molecular flexibility index (Phi) is 3.13. The van der Waals surface area contributed by atoms with Crippen LogP contribution in [0, 0.1) is 6.92 Å². The molecule has 0 aromatic carbocycles. The highest BCUT2D eigenvalue weighted by molar-refractivity contribution is 5.27. The fraction of sp³-hybridized carbons (Fsp3) is 0.600. The van der Waals surface area contributed by atoms with Crippen molar-refractivity contribution in [1.82, 2.24) is 9.97 Å². The van der Waals surface area contributed by atoms with Gasteiger partial charge in [0.1, 0.15) is 0 Å². The number of hydrazine groups is 1. The van der Waals surface area contributed by atoms with Gasteiger partial charge in [0.25, 0.3) is 0 Å². The number of ether oxygens (including phenoxy) is 1. The molecule has 15 heavy (non-hydrogen) atoms. The van der Waals surface area contributed by atoms with E-state index >= 15 is 0 Å². The van der Waals surface area contributed by atoms with Crippen LogP contribution in [0.3, 0.4) is 0 Å². The van der Waals surface area contributed by atoms with Gasteiger partial charge >= 0.3 is 0 Å². The van der Waals surface area contributed by atoms with Crippen LogP contribution >= 0.6 is 0 Å². The van der Waals surface area contributed by atoms with E-state index in [4.69, 9.17) is 10.6 Å². The first-order valence-corrected chi connectivity index (χ1v) is 5.19. The smallest absolute Gasteiger partial charge is 0.237 e. The van der Waals surface area contributed by atoms with E-state index in [0.717, 1.165) is 37.4 Å². The molecule has 5 nitrogen and oxygen atoms in total. The lowest BCUT2D eigenvalue weighted by Crippen LogP contribution is -2.17. The Morgan fingerprint density at radius 3 is 2.80 bits per heavy atom. The van der Waals surface area contributed by atoms with Crippen LogP contribution in [-0.4, -0.2) is 23.2 Å². The lowest BCUT2D eigenvalue weighted by atomic mass is 9.96. The van der Waals surface area contributed by atoms with Crippen molar-refractivity contribution in [2.24, 2.45) is 5.84 Å². The molecule has 0 amide bonds. The average Bonchev–Trinajstić information content (AvgIpc) is 2.29. The number of hydrogen-bond acceptors (Lipinski definition) is 5. The van der Waals surface area contributed by atoms with Gasteiger partial charge in [0, 0.05) is 30.5 Å². The van der Waals surface area contributed by atoms with Gasteiger partial charge in [0.2, 0.25) is 5.95 Å². The highest BCUT2D eigenvalue weighted by Gasteiger charge is 2.18. The van der Waals surface area contributed by atoms with Gasteiger partial charge in [-0.15, -0.1) is 0 Å². The molecular formula is C10H16N4O. The van der Waals surface area contributed by atoms with Gasteiger partial charge in [-0.3, -0.25) is 5.43 Å². The number of aryl methyl sites for hydroxylation is 1. The second kappa shape index (κ2) is 4.55. The molecule has 1 saturated heterocycles. The van der Waals surface area contributed by atoms with Crippen LogP contribution in [0.4, 0.5) is 5.95 Å². The van der Waals surface area contributed by atoms with Gasteiger partial charge in [-0.05, 0) is 25.8 Å². The summed E-state index contributed by atoms with van der Waals surface area (Å²) in [5.74, 6) is 6.29. The second-order valence-corrected chi connectivity index (χ2v) is 3.79. The van der Waals surface area contributed by atoms with Gasteiger partial charge in [0.05, 0.1) is 0 Å². The molecule has 0 aliphatic carbocycles. The molecule has 5 heteroatoms. The van der Waals surface area contributed by atoms with Gasteiger partial charge in [-0.2, -0.15) is 0 Å². The molecular weight excluding hydrogens is 192 g/mol. The summed E-state index contributed by atoms with van der Waals surface area (Å²) in [6, 6.07) is 2.02. The Hall–Kier alpha value is -1.20. The Morgan fingerprint density at radius 2 is 2.13 bits per heavy atom. The molecule has 0 spiro atoms. The Labute approximate surface area is 89.0 Å². The highest BCUT2D eigenvalue weighted by atomic mass is 16.5. The average molecular weight is 208 g/mol. The minimum Gasteiger partial charge on any atom is -0.381 e. The van der Waals surface area contributed by atoms with E-state index in [0.29, 0.717) is 11.9 Å². The fourth-order valence-electron chi connectivity index (χ4n) is 1.86. The van der Waals surface area contributed by atoms with E-state index in [-0.39, 0.29) is 0 Å². The SMILES string of the molecule is Cc1cc(C2CCOCC2)nc(NN)n1. The number of nitrogen functional groups attached to an aromatic ring is 1. The van der Waals surface area contributed by atoms with Crippen LogP contribution in [0.5, 0.6) is 0 Å². The van der Waals surface area contributed by atoms with Crippen molar-refractivity contribution in [3.8, 4) is 0 Å². The number of nitrogens with two attached hydrogens (primary N) is 1. The minimum absolute atomic E-state index is 0.479. The summed E-state index contributed by atoms with van der Waals surface area (Å²) in [4.78, 5) is 8.54. The molecule has 1 aliphatic rings. The summed E-state index contributed by atoms with van der Waals surface area (Å²) in [6.07, 6.45) is 2.06. The number of nitrogens with one attached hydrogen (secondary N) is 1. The third-order valence-corrected chi connectivity index (χ3v) is 2.64. The van der Waals surface area contributed by atoms with Gasteiger partial charge < -0.3 is 4.74 Å². The maximum absolute atomic E-state index is 5.32. The molecule has 82 valence electrons. The highest BCUT2D eigenvalue weighted by Crippen LogP contribution is 2.26. The monoisotopic (exact) mass is 208 g/mol. The predicted octanol–water partition coefficient (Wildman–Crippen LogP) is 0.965. The molecule has 3 N–H and O–H groups in total. The van der Waals surface area contributed by atoms with Crippen LogP contribution in [0.1, 0.15) is 30.1 Å². The molecule has 0 atom stereocenters. The van der Waals surface area contributed by atoms with Crippen LogP contribution in [-0.2, 0) is 4.74 Å². The first-order valence-electron chi connectivity index (χ1n) is 5.19. The molecule has 1 aromatic rings. The quantitative estimate of drug-likeness (QED) is 0.559. The number of rotatable bonds is 2. The van der Waals surface area contributed by atoms with E-state index in [1.807, 2.05) is 13.0 Å². The van der Waals surface area contributed by atoms with E-state index in [1.54, 1.807) is 0 Å². The number of aromatic nitrogens is 2. The van der Waals surface area contributed by atoms with E-state index in [2.05, 4.69) is 15.4 Å². The molecule has 2 rings (SSSR count). The van der Waals surface area contributed by atoms with Crippen molar-refractivity contribution in [2.75, 3.05) is 18.6 Å². The summed E-state index contributed by atoms with van der Waals surface area (Å²) < 4.78 is 5.32. The fourth-order valence-corrected chi connectivity index (χ4v) is 1.86. The van der Waals surface area contributed by atoms with Crippen LogP contribution < -0.4 is 11.3 Å². The number of nitrogens with zero attached hydrogens (tertiary/aromatic N) is 2. The molecule has 1 aromatic heterocycles. The largest absolute Gasteiger partial charge is 0.381 e. The van der Waals surface area contributed by atoms with Crippen molar-refractivity contribution in [2.45, 2.75) is 25.7 Å². The first kappa shape index (κ1) is 10.3. The molecule has 1 aliphatic heterocycles. The standard InChI is InChI=1S/C10H16N4O/c1-7-6-9(13-10(12-7)14-11)8-2-4-15-5-3-8/h6,8H,2-5,11H2,1H3,(H,12,13,14). The first-order chi connectivity index (χ1) is 7.29. The molecule has 1 fully saturated rings. The maximum Gasteiger partial charge on any atom is 0.237 e. The van der Waals surface area contributed by atoms with Crippen LogP contribution in [0.15, 0.2) is 6.07 Å². The van der Waals surface area contributed by atoms with Crippen molar-refractivity contribution < 1.29 is 4.74 Å². The van der Waals surface area contributed by atoms with Crippen LogP contribution in [0.2, 0.25) is 0 Å². The molecule has 0 radical (unpaired) electrons. The van der Waals surface area contributed by atoms with Gasteiger partial charge in [-0.25, -0.2) is 15.8 Å². The third kappa shape index (κ3) is 2.43. The normalized spacial score (nSPS) is 17.7. The van der Waals surface area contributed by atoms with Crippen molar-refractivity contribution in [1.29, 1.82) is 0 Å². The number of hydrogen-bond donors (Lipinski definition) is 2. The molecule has 0 saturated carbocycles. The van der Waals surface area contributed by atoms with Crippen molar-refractivity contribution >= 4 is 5.95 Å². The van der Waals surface area contributed by atoms with Gasteiger partial charge in [-0.1, -0.05) is 0 Å². The minimum atomic E-state index is 0.479. The second-order valence-electron chi connectivity index (χ2n) is 3.79. The topological polar surface area (TPSA) is 73.1 Å². The zero-order chi connectivity index (χ0) is 10.7. The number of anilines is 1. The van der Waals surface area contributed by atoms with Gasteiger partial charge in [0.15, 0.2) is 0 Å².